The quantitative estimate of drug-likeness (QED) is 0.00987. The first-order valence-electron chi connectivity index (χ1n) is 48.0. The number of thioether (sulfide) groups is 1. The van der Waals surface area contributed by atoms with Crippen molar-refractivity contribution in [3.63, 3.8) is 0 Å². The molecule has 1 saturated heterocycles. The number of carboxylic acids is 1. The number of carbonyl (C=O) groups excluding carboxylic acids is 18. The van der Waals surface area contributed by atoms with Crippen molar-refractivity contribution in [3.8, 4) is 11.5 Å². The standard InChI is InChI=1S/C97H141N23O25S/c1-49(2)38-67(112-92(140)74(47-121)117-81(129)53(8)105-83(131)65(32-33-77(99)126)107-82(130)62(98)44-58-46-104-63-21-15-14-20-61(58)63)86(134)106-52(7)80(128)110-68(39-50(3)4)88(136)118-75(48-122)93(141)114-70(42-56-24-28-59(124)29-25-56)89(137)108-64(22-16-35-103-97(101)102)84(132)111-69(40-51(5)6)87(135)115-72(45-78(100)127)90(138)109-66(34-37-146-10)85(133)113-71(41-55-18-12-11-13-19-55)91(139)119-79(54(9)123)95(143)120-36-17-23-76(120)94(142)116-73(96(144)145)43-57-26-30-60(125)31-27-57/h11-15,18-21,24-31,46,49-54,62,64-76,79,104,121-125H,16-17,22-23,32-45,47-48,98H2,1-10H3,(H2,99,126)(H2,100,127)(H,105,131)(H,106,134)(H,107,130)(H,108,137)(H,109,138)(H,110,128)(H,111,132)(H,112,140)(H,113,133)(H,114,141)(H,115,135)(H,116,142)(H,117,129)(H,118,136)(H,119,139)(H,144,145)(H4,101,102,103)/t52-,53-,54+,62-,64-,65-,66-,67-,68-,69-,70-,71-,72-,73-,74-,75-,76-,79-/m0/s1. The number of rotatable bonds is 61. The number of phenols is 2. The highest BCUT2D eigenvalue weighted by molar-refractivity contribution is 7.98. The molecule has 4 aromatic carbocycles. The second-order valence-corrected chi connectivity index (χ2v) is 38.2. The van der Waals surface area contributed by atoms with Crippen LogP contribution in [0.5, 0.6) is 11.5 Å². The fraction of sp³-hybridized carbons (Fsp3) is 0.526. The summed E-state index contributed by atoms with van der Waals surface area (Å²) in [5.41, 5.74) is 25.7. The number of hydrogen-bond donors (Lipinski definition) is 28. The minimum atomic E-state index is -1.91. The van der Waals surface area contributed by atoms with Gasteiger partial charge in [0.2, 0.25) is 106 Å². The van der Waals surface area contributed by atoms with E-state index in [-0.39, 0.29) is 131 Å². The average molecular weight is 2060 g/mol. The third-order valence-corrected chi connectivity index (χ3v) is 24.3. The predicted molar refractivity (Wildman–Crippen MR) is 535 cm³/mol. The van der Waals surface area contributed by atoms with Crippen molar-refractivity contribution >= 4 is 141 Å². The van der Waals surface area contributed by atoms with E-state index in [1.54, 1.807) is 90.4 Å². The van der Waals surface area contributed by atoms with Gasteiger partial charge in [-0.25, -0.2) is 4.79 Å². The van der Waals surface area contributed by atoms with E-state index in [0.717, 1.165) is 15.8 Å². The minimum Gasteiger partial charge on any atom is -0.508 e. The zero-order valence-corrected chi connectivity index (χ0v) is 84.1. The molecule has 0 unspecified atom stereocenters. The van der Waals surface area contributed by atoms with Crippen molar-refractivity contribution in [2.24, 2.45) is 40.7 Å². The van der Waals surface area contributed by atoms with Crippen molar-refractivity contribution in [3.05, 3.63) is 132 Å². The van der Waals surface area contributed by atoms with Gasteiger partial charge in [-0.3, -0.25) is 91.7 Å². The maximum absolute atomic E-state index is 15.0. The highest BCUT2D eigenvalue weighted by Crippen LogP contribution is 2.24. The molecule has 1 aliphatic heterocycles. The largest absolute Gasteiger partial charge is 0.508 e. The number of aliphatic carboxylic acids is 1. The summed E-state index contributed by atoms with van der Waals surface area (Å²) in [4.78, 5) is 270. The molecule has 0 aliphatic carbocycles. The Labute approximate surface area is 848 Å². The Balaban J connectivity index is 1.15. The van der Waals surface area contributed by atoms with Gasteiger partial charge in [-0.15, -0.1) is 0 Å². The minimum absolute atomic E-state index is 0.0379. The number of aromatic amines is 1. The molecule has 0 spiro atoms. The van der Waals surface area contributed by atoms with Crippen LogP contribution in [0.3, 0.4) is 0 Å². The smallest absolute Gasteiger partial charge is 0.326 e. The summed E-state index contributed by atoms with van der Waals surface area (Å²) in [5.74, 6) is -21.3. The van der Waals surface area contributed by atoms with Gasteiger partial charge in [-0.05, 0) is 167 Å². The van der Waals surface area contributed by atoms with Crippen LogP contribution in [0.4, 0.5) is 0 Å². The molecule has 6 rings (SSSR count). The van der Waals surface area contributed by atoms with Crippen LogP contribution in [0.25, 0.3) is 10.9 Å². The van der Waals surface area contributed by atoms with Gasteiger partial charge in [0.05, 0.1) is 31.8 Å². The lowest BCUT2D eigenvalue weighted by molar-refractivity contribution is -0.146. The molecule has 1 aliphatic rings. The van der Waals surface area contributed by atoms with Crippen LogP contribution >= 0.6 is 11.8 Å². The lowest BCUT2D eigenvalue weighted by Crippen LogP contribution is -2.62. The van der Waals surface area contributed by atoms with Crippen molar-refractivity contribution in [1.29, 1.82) is 5.41 Å². The molecule has 0 saturated carbocycles. The first kappa shape index (κ1) is 120. The Morgan fingerprint density at radius 1 is 0.438 bits per heavy atom. The van der Waals surface area contributed by atoms with Crippen molar-refractivity contribution in [2.45, 2.75) is 267 Å². The van der Waals surface area contributed by atoms with E-state index in [1.165, 1.54) is 81.1 Å². The molecule has 48 nitrogen and oxygen atoms in total. The number of primary amides is 2. The van der Waals surface area contributed by atoms with E-state index in [4.69, 9.17) is 28.3 Å². The lowest BCUT2D eigenvalue weighted by atomic mass is 10.0. The number of para-hydroxylation sites is 1. The molecule has 1 fully saturated rings. The van der Waals surface area contributed by atoms with Gasteiger partial charge < -0.3 is 149 Å². The number of nitrogens with zero attached hydrogens (tertiary/aromatic N) is 1. The van der Waals surface area contributed by atoms with Crippen molar-refractivity contribution in [1.82, 2.24) is 95.0 Å². The van der Waals surface area contributed by atoms with Crippen LogP contribution < -0.4 is 108 Å². The number of benzene rings is 4. The number of H-pyrrole nitrogens is 1. The van der Waals surface area contributed by atoms with Gasteiger partial charge in [0.15, 0.2) is 5.96 Å². The molecule has 800 valence electrons. The summed E-state index contributed by atoms with van der Waals surface area (Å²) < 4.78 is 0. The molecule has 0 radical (unpaired) electrons. The Hall–Kier alpha value is -14.6. The Morgan fingerprint density at radius 2 is 0.829 bits per heavy atom. The fourth-order valence-electron chi connectivity index (χ4n) is 15.8. The molecule has 2 heterocycles. The number of carboxylic acid groups (broad SMARTS) is 1. The Kier molecular flexibility index (Phi) is 49.0. The number of nitrogens with two attached hydrogens (primary N) is 4. The van der Waals surface area contributed by atoms with E-state index >= 15 is 0 Å². The van der Waals surface area contributed by atoms with Crippen LogP contribution in [0, 0.1) is 23.2 Å². The maximum atomic E-state index is 15.0. The third-order valence-electron chi connectivity index (χ3n) is 23.6. The zero-order chi connectivity index (χ0) is 108. The molecule has 1 aromatic heterocycles. The first-order chi connectivity index (χ1) is 69.0. The van der Waals surface area contributed by atoms with Gasteiger partial charge in [0, 0.05) is 55.9 Å². The van der Waals surface area contributed by atoms with E-state index in [9.17, 15) is 122 Å². The number of aromatic hydroxyl groups is 2. The summed E-state index contributed by atoms with van der Waals surface area (Å²) in [7, 11) is 0. The lowest BCUT2D eigenvalue weighted by Gasteiger charge is -2.32. The highest BCUT2D eigenvalue weighted by Gasteiger charge is 2.44. The molecule has 49 heteroatoms. The fourth-order valence-corrected chi connectivity index (χ4v) is 16.3. The molecule has 32 N–H and O–H groups in total. The summed E-state index contributed by atoms with van der Waals surface area (Å²) in [6, 6.07) is -0.356. The van der Waals surface area contributed by atoms with Crippen LogP contribution in [0.2, 0.25) is 0 Å². The number of aliphatic hydroxyl groups excluding tert-OH is 3. The van der Waals surface area contributed by atoms with Crippen LogP contribution in [0.1, 0.15) is 155 Å². The maximum Gasteiger partial charge on any atom is 0.326 e. The van der Waals surface area contributed by atoms with Gasteiger partial charge in [-0.1, -0.05) is 114 Å². The van der Waals surface area contributed by atoms with Crippen LogP contribution in [0.15, 0.2) is 109 Å². The van der Waals surface area contributed by atoms with E-state index in [2.05, 4.69) is 90.1 Å². The van der Waals surface area contributed by atoms with Gasteiger partial charge in [0.25, 0.3) is 0 Å². The summed E-state index contributed by atoms with van der Waals surface area (Å²) in [5, 5.41) is 111. The molecular weight excluding hydrogens is 1920 g/mol. The summed E-state index contributed by atoms with van der Waals surface area (Å²) >= 11 is 1.24. The predicted octanol–water partition coefficient (Wildman–Crippen LogP) is -4.77. The van der Waals surface area contributed by atoms with Crippen molar-refractivity contribution < 1.29 is 122 Å². The SMILES string of the molecule is CSCC[C@H](NC(=O)[C@H](CC(N)=O)NC(=O)[C@H](CC(C)C)NC(=O)[C@H](CCCNC(=N)N)NC(=O)[C@H](Cc1ccc(O)cc1)NC(=O)[C@H](CO)NC(=O)[C@H](CC(C)C)NC(=O)[C@H](C)NC(=O)[C@H](CC(C)C)NC(=O)[C@H](CO)NC(=O)[C@H](C)NC(=O)[C@H](CCC(N)=O)NC(=O)[C@@H](N)Cc1c[nH]c2ccccc12)C(=O)N[C@@H](Cc1ccccc1)C(=O)N[C@H](C(=O)N1CCC[C@H]1C(=O)N[C@@H](Cc1ccc(O)cc1)C(=O)O)[C@@H](C)O. The first-order valence-corrected chi connectivity index (χ1v) is 49.4. The van der Waals surface area contributed by atoms with E-state index in [0.29, 0.717) is 16.7 Å². The number of nitrogens with one attached hydrogen (secondary N) is 18. The molecule has 146 heavy (non-hydrogen) atoms. The molecular formula is C97H141N23O25S. The summed E-state index contributed by atoms with van der Waals surface area (Å²) in [6.07, 6.45) is -1.27. The Bertz CT molecular complexity index is 5330. The highest BCUT2D eigenvalue weighted by atomic mass is 32.2. The number of hydrogen-bond acceptors (Lipinski definition) is 27. The molecule has 18 amide bonds. The Morgan fingerprint density at radius 3 is 1.30 bits per heavy atom. The second-order valence-electron chi connectivity index (χ2n) is 37.2. The normalized spacial score (nSPS) is 15.8. The molecule has 18 atom stereocenters. The van der Waals surface area contributed by atoms with E-state index < -0.39 is 259 Å². The summed E-state index contributed by atoms with van der Waals surface area (Å²) in [6.45, 7) is 11.4. The van der Waals surface area contributed by atoms with Crippen LogP contribution in [-0.2, 0) is 117 Å². The van der Waals surface area contributed by atoms with Gasteiger partial charge >= 0.3 is 5.97 Å². The molecule has 5 aromatic rings. The van der Waals surface area contributed by atoms with E-state index in [1.807, 2.05) is 18.2 Å². The topological polar surface area (TPSA) is 785 Å². The second kappa shape index (κ2) is 59.6. The van der Waals surface area contributed by atoms with Gasteiger partial charge in [-0.2, -0.15) is 11.8 Å². The number of carbonyl (C=O) groups is 19. The zero-order valence-electron chi connectivity index (χ0n) is 83.3. The monoisotopic (exact) mass is 2060 g/mol. The molecule has 0 bridgehead atoms. The number of aliphatic hydroxyl groups is 3. The van der Waals surface area contributed by atoms with Gasteiger partial charge in [0.1, 0.15) is 108 Å². The number of likely N-dealkylation sites (tertiary alicyclic amines) is 1. The van der Waals surface area contributed by atoms with Crippen LogP contribution in [-0.4, -0.2) is 306 Å². The van der Waals surface area contributed by atoms with Crippen molar-refractivity contribution in [2.75, 3.05) is 38.3 Å². The number of aromatic nitrogens is 1. The third kappa shape index (κ3) is 39.8. The number of amides is 18. The number of guanidine groups is 1. The average Bonchev–Trinajstić information content (AvgIpc) is 1.34. The number of fused-ring (bicyclic) bond motifs is 1. The number of phenolic OH excluding ortho intramolecular Hbond substituents is 2.